The minimum Gasteiger partial charge on any atom is -0.369 e. The van der Waals surface area contributed by atoms with Gasteiger partial charge >= 0.3 is 0 Å². The SMILES string of the molecule is Cc1cc(C)c2cc(C(=O)Nc3nc(CC(N)=O)cs3)[nH]c2c1. The van der Waals surface area contributed by atoms with E-state index in [4.69, 9.17) is 5.73 Å². The third kappa shape index (κ3) is 3.24. The Morgan fingerprint density at radius 1 is 1.30 bits per heavy atom. The van der Waals surface area contributed by atoms with Crippen LogP contribution in [-0.2, 0) is 11.2 Å². The van der Waals surface area contributed by atoms with Gasteiger partial charge in [-0.2, -0.15) is 0 Å². The quantitative estimate of drug-likeness (QED) is 0.686. The Kier molecular flexibility index (Phi) is 3.87. The zero-order valence-corrected chi connectivity index (χ0v) is 13.6. The number of benzene rings is 1. The van der Waals surface area contributed by atoms with Crippen LogP contribution >= 0.6 is 11.3 Å². The monoisotopic (exact) mass is 328 g/mol. The van der Waals surface area contributed by atoms with Crippen LogP contribution in [0.1, 0.15) is 27.3 Å². The molecule has 4 N–H and O–H groups in total. The number of aromatic nitrogens is 2. The zero-order valence-electron chi connectivity index (χ0n) is 12.8. The van der Waals surface area contributed by atoms with Gasteiger partial charge in [0.2, 0.25) is 5.91 Å². The molecule has 3 rings (SSSR count). The smallest absolute Gasteiger partial charge is 0.273 e. The number of carbonyl (C=O) groups excluding carboxylic acids is 2. The van der Waals surface area contributed by atoms with Gasteiger partial charge in [0.1, 0.15) is 5.69 Å². The molecule has 0 atom stereocenters. The molecular formula is C16H16N4O2S. The lowest BCUT2D eigenvalue weighted by atomic mass is 10.1. The minimum absolute atomic E-state index is 0.0667. The average Bonchev–Trinajstić information content (AvgIpc) is 3.05. The molecule has 7 heteroatoms. The van der Waals surface area contributed by atoms with Crippen LogP contribution in [0.25, 0.3) is 10.9 Å². The molecule has 0 saturated carbocycles. The number of rotatable bonds is 4. The molecule has 2 amide bonds. The first kappa shape index (κ1) is 15.2. The van der Waals surface area contributed by atoms with E-state index < -0.39 is 5.91 Å². The van der Waals surface area contributed by atoms with Gasteiger partial charge in [0.25, 0.3) is 5.91 Å². The molecule has 6 nitrogen and oxygen atoms in total. The Morgan fingerprint density at radius 3 is 2.83 bits per heavy atom. The van der Waals surface area contributed by atoms with Gasteiger partial charge in [-0.1, -0.05) is 6.07 Å². The summed E-state index contributed by atoms with van der Waals surface area (Å²) in [6.07, 6.45) is 0.0667. The largest absolute Gasteiger partial charge is 0.369 e. The molecule has 0 aliphatic carbocycles. The first-order valence-corrected chi connectivity index (χ1v) is 7.94. The Hall–Kier alpha value is -2.67. The van der Waals surface area contributed by atoms with Gasteiger partial charge in [0.15, 0.2) is 5.13 Å². The van der Waals surface area contributed by atoms with E-state index in [1.165, 1.54) is 11.3 Å². The summed E-state index contributed by atoms with van der Waals surface area (Å²) in [4.78, 5) is 30.5. The second kappa shape index (κ2) is 5.85. The van der Waals surface area contributed by atoms with Crippen molar-refractivity contribution in [2.45, 2.75) is 20.3 Å². The number of hydrogen-bond acceptors (Lipinski definition) is 4. The van der Waals surface area contributed by atoms with Crippen LogP contribution in [0.5, 0.6) is 0 Å². The molecule has 23 heavy (non-hydrogen) atoms. The fraction of sp³-hybridized carbons (Fsp3) is 0.188. The summed E-state index contributed by atoms with van der Waals surface area (Å²) in [6.45, 7) is 4.03. The Bertz CT molecular complexity index is 910. The lowest BCUT2D eigenvalue weighted by molar-refractivity contribution is -0.117. The third-order valence-corrected chi connectivity index (χ3v) is 4.27. The molecule has 2 aromatic heterocycles. The normalized spacial score (nSPS) is 10.9. The number of thiazole rings is 1. The minimum atomic E-state index is -0.449. The fourth-order valence-corrected chi connectivity index (χ4v) is 3.22. The number of fused-ring (bicyclic) bond motifs is 1. The highest BCUT2D eigenvalue weighted by atomic mass is 32.1. The van der Waals surface area contributed by atoms with E-state index in [0.717, 1.165) is 22.0 Å². The second-order valence-corrected chi connectivity index (χ2v) is 6.33. The van der Waals surface area contributed by atoms with Crippen molar-refractivity contribution in [3.05, 3.63) is 46.1 Å². The first-order valence-electron chi connectivity index (χ1n) is 7.06. The molecule has 0 aliphatic rings. The topological polar surface area (TPSA) is 101 Å². The lowest BCUT2D eigenvalue weighted by Gasteiger charge is -1.98. The number of aryl methyl sites for hydroxylation is 2. The molecular weight excluding hydrogens is 312 g/mol. The van der Waals surface area contributed by atoms with Gasteiger partial charge in [0.05, 0.1) is 12.1 Å². The summed E-state index contributed by atoms with van der Waals surface area (Å²) in [6, 6.07) is 5.92. The molecule has 118 valence electrons. The van der Waals surface area contributed by atoms with Crippen LogP contribution in [0, 0.1) is 13.8 Å². The summed E-state index contributed by atoms with van der Waals surface area (Å²) >= 11 is 1.26. The lowest BCUT2D eigenvalue weighted by Crippen LogP contribution is -2.14. The summed E-state index contributed by atoms with van der Waals surface area (Å²) in [5.41, 5.74) is 9.35. The molecule has 0 spiro atoms. The van der Waals surface area contributed by atoms with Crippen molar-refractivity contribution in [3.8, 4) is 0 Å². The molecule has 0 bridgehead atoms. The Morgan fingerprint density at radius 2 is 2.09 bits per heavy atom. The molecule has 2 heterocycles. The van der Waals surface area contributed by atoms with Crippen LogP contribution in [0.2, 0.25) is 0 Å². The summed E-state index contributed by atoms with van der Waals surface area (Å²) in [7, 11) is 0. The van der Waals surface area contributed by atoms with E-state index >= 15 is 0 Å². The summed E-state index contributed by atoms with van der Waals surface area (Å²) in [5, 5.41) is 5.90. The molecule has 0 unspecified atom stereocenters. The van der Waals surface area contributed by atoms with Gasteiger partial charge in [0, 0.05) is 16.3 Å². The van der Waals surface area contributed by atoms with E-state index in [1.807, 2.05) is 26.0 Å². The maximum Gasteiger partial charge on any atom is 0.273 e. The molecule has 1 aromatic carbocycles. The number of carbonyl (C=O) groups is 2. The van der Waals surface area contributed by atoms with Crippen LogP contribution in [-0.4, -0.2) is 21.8 Å². The number of nitrogens with one attached hydrogen (secondary N) is 2. The molecule has 0 saturated heterocycles. The highest BCUT2D eigenvalue weighted by molar-refractivity contribution is 7.14. The molecule has 0 fully saturated rings. The van der Waals surface area contributed by atoms with Gasteiger partial charge in [-0.05, 0) is 37.1 Å². The van der Waals surface area contributed by atoms with Crippen molar-refractivity contribution in [1.82, 2.24) is 9.97 Å². The second-order valence-electron chi connectivity index (χ2n) is 5.47. The van der Waals surface area contributed by atoms with E-state index in [9.17, 15) is 9.59 Å². The number of anilines is 1. The first-order chi connectivity index (χ1) is 10.9. The van der Waals surface area contributed by atoms with Crippen molar-refractivity contribution >= 4 is 39.2 Å². The number of aromatic amines is 1. The average molecular weight is 328 g/mol. The van der Waals surface area contributed by atoms with E-state index in [2.05, 4.69) is 21.4 Å². The van der Waals surface area contributed by atoms with Gasteiger partial charge in [-0.15, -0.1) is 11.3 Å². The van der Waals surface area contributed by atoms with Crippen molar-refractivity contribution in [2.75, 3.05) is 5.32 Å². The predicted molar refractivity (Wildman–Crippen MR) is 90.7 cm³/mol. The molecule has 0 radical (unpaired) electrons. The van der Waals surface area contributed by atoms with Crippen LogP contribution in [0.3, 0.4) is 0 Å². The van der Waals surface area contributed by atoms with Crippen molar-refractivity contribution in [3.63, 3.8) is 0 Å². The highest BCUT2D eigenvalue weighted by Crippen LogP contribution is 2.23. The molecule has 3 aromatic rings. The third-order valence-electron chi connectivity index (χ3n) is 3.46. The van der Waals surface area contributed by atoms with E-state index in [1.54, 1.807) is 5.38 Å². The summed E-state index contributed by atoms with van der Waals surface area (Å²) < 4.78 is 0. The number of amides is 2. The highest BCUT2D eigenvalue weighted by Gasteiger charge is 2.13. The number of primary amides is 1. The zero-order chi connectivity index (χ0) is 16.6. The van der Waals surface area contributed by atoms with Gasteiger partial charge < -0.3 is 10.7 Å². The summed E-state index contributed by atoms with van der Waals surface area (Å²) in [5.74, 6) is -0.715. The van der Waals surface area contributed by atoms with Crippen LogP contribution in [0.15, 0.2) is 23.6 Å². The predicted octanol–water partition coefficient (Wildman–Crippen LogP) is 2.52. The van der Waals surface area contributed by atoms with Crippen LogP contribution < -0.4 is 11.1 Å². The van der Waals surface area contributed by atoms with E-state index in [-0.39, 0.29) is 12.3 Å². The van der Waals surface area contributed by atoms with Crippen molar-refractivity contribution < 1.29 is 9.59 Å². The standard InChI is InChI=1S/C16H16N4O2S/c1-8-3-9(2)11-6-13(19-12(11)4-8)15(22)20-16-18-10(7-23-16)5-14(17)21/h3-4,6-7,19H,5H2,1-2H3,(H2,17,21)(H,18,20,22). The fourth-order valence-electron chi connectivity index (χ4n) is 2.51. The van der Waals surface area contributed by atoms with Crippen molar-refractivity contribution in [2.24, 2.45) is 5.73 Å². The van der Waals surface area contributed by atoms with Gasteiger partial charge in [-0.25, -0.2) is 4.98 Å². The number of nitrogens with two attached hydrogens (primary N) is 1. The maximum absolute atomic E-state index is 12.3. The number of hydrogen-bond donors (Lipinski definition) is 3. The Labute approximate surface area is 136 Å². The van der Waals surface area contributed by atoms with Crippen LogP contribution in [0.4, 0.5) is 5.13 Å². The Balaban J connectivity index is 1.82. The molecule has 0 aliphatic heterocycles. The van der Waals surface area contributed by atoms with Gasteiger partial charge in [-0.3, -0.25) is 14.9 Å². The van der Waals surface area contributed by atoms with Crippen molar-refractivity contribution in [1.29, 1.82) is 0 Å². The number of H-pyrrole nitrogens is 1. The number of nitrogens with zero attached hydrogens (tertiary/aromatic N) is 1. The van der Waals surface area contributed by atoms with E-state index in [0.29, 0.717) is 16.5 Å². The maximum atomic E-state index is 12.3.